The minimum absolute atomic E-state index is 0.316. The average molecular weight is 321 g/mol. The molecule has 0 aliphatic rings. The SMILES string of the molecule is OC(c1ccc(Cl)cc1Cl)c1ccc(F)c2ccccc12. The van der Waals surface area contributed by atoms with Gasteiger partial charge in [-0.05, 0) is 29.1 Å². The summed E-state index contributed by atoms with van der Waals surface area (Å²) in [6.07, 6.45) is -0.944. The van der Waals surface area contributed by atoms with Crippen LogP contribution in [0.25, 0.3) is 10.8 Å². The molecule has 21 heavy (non-hydrogen) atoms. The van der Waals surface area contributed by atoms with Gasteiger partial charge in [0.05, 0.1) is 0 Å². The summed E-state index contributed by atoms with van der Waals surface area (Å²) < 4.78 is 13.8. The van der Waals surface area contributed by atoms with E-state index in [9.17, 15) is 9.50 Å². The van der Waals surface area contributed by atoms with E-state index < -0.39 is 6.10 Å². The fraction of sp³-hybridized carbons (Fsp3) is 0.0588. The van der Waals surface area contributed by atoms with Crippen molar-refractivity contribution >= 4 is 34.0 Å². The molecule has 0 saturated heterocycles. The maximum atomic E-state index is 13.8. The second-order valence-electron chi connectivity index (χ2n) is 4.75. The minimum Gasteiger partial charge on any atom is -0.384 e. The zero-order chi connectivity index (χ0) is 15.0. The highest BCUT2D eigenvalue weighted by molar-refractivity contribution is 6.35. The maximum absolute atomic E-state index is 13.8. The van der Waals surface area contributed by atoms with Gasteiger partial charge in [-0.3, -0.25) is 0 Å². The smallest absolute Gasteiger partial charge is 0.131 e. The number of aliphatic hydroxyl groups is 1. The molecule has 0 aromatic heterocycles. The Morgan fingerprint density at radius 2 is 1.52 bits per heavy atom. The number of halogens is 3. The molecule has 3 aromatic rings. The molecular weight excluding hydrogens is 310 g/mol. The first-order chi connectivity index (χ1) is 10.1. The van der Waals surface area contributed by atoms with Crippen LogP contribution in [-0.2, 0) is 0 Å². The topological polar surface area (TPSA) is 20.2 Å². The molecule has 1 atom stereocenters. The normalized spacial score (nSPS) is 12.6. The van der Waals surface area contributed by atoms with Crippen molar-refractivity contribution in [2.45, 2.75) is 6.10 Å². The highest BCUT2D eigenvalue weighted by Crippen LogP contribution is 2.34. The second-order valence-corrected chi connectivity index (χ2v) is 5.59. The summed E-state index contributed by atoms with van der Waals surface area (Å²) in [5.41, 5.74) is 1.15. The van der Waals surface area contributed by atoms with Crippen LogP contribution < -0.4 is 0 Å². The van der Waals surface area contributed by atoms with E-state index in [-0.39, 0.29) is 5.82 Å². The lowest BCUT2D eigenvalue weighted by Crippen LogP contribution is -2.02. The summed E-state index contributed by atoms with van der Waals surface area (Å²) in [6.45, 7) is 0. The molecule has 3 aromatic carbocycles. The summed E-state index contributed by atoms with van der Waals surface area (Å²) in [5.74, 6) is -0.316. The molecule has 0 saturated carbocycles. The van der Waals surface area contributed by atoms with E-state index in [1.165, 1.54) is 6.07 Å². The van der Waals surface area contributed by atoms with Crippen LogP contribution in [0.4, 0.5) is 4.39 Å². The zero-order valence-corrected chi connectivity index (χ0v) is 12.4. The quantitative estimate of drug-likeness (QED) is 0.673. The van der Waals surface area contributed by atoms with E-state index in [4.69, 9.17) is 23.2 Å². The van der Waals surface area contributed by atoms with Crippen molar-refractivity contribution in [3.8, 4) is 0 Å². The lowest BCUT2D eigenvalue weighted by atomic mass is 9.95. The average Bonchev–Trinajstić information content (AvgIpc) is 2.47. The summed E-state index contributed by atoms with van der Waals surface area (Å²) in [7, 11) is 0. The van der Waals surface area contributed by atoms with Gasteiger partial charge in [0.15, 0.2) is 0 Å². The molecule has 1 unspecified atom stereocenters. The van der Waals surface area contributed by atoms with Crippen molar-refractivity contribution in [2.75, 3.05) is 0 Å². The third-order valence-corrected chi connectivity index (χ3v) is 4.02. The van der Waals surface area contributed by atoms with Gasteiger partial charge in [-0.15, -0.1) is 0 Å². The summed E-state index contributed by atoms with van der Waals surface area (Å²) in [4.78, 5) is 0. The Bertz CT molecular complexity index is 817. The van der Waals surface area contributed by atoms with E-state index >= 15 is 0 Å². The van der Waals surface area contributed by atoms with Crippen molar-refractivity contribution in [2.24, 2.45) is 0 Å². The van der Waals surface area contributed by atoms with Crippen LogP contribution in [0.3, 0.4) is 0 Å². The maximum Gasteiger partial charge on any atom is 0.131 e. The molecule has 0 amide bonds. The fourth-order valence-corrected chi connectivity index (χ4v) is 2.93. The molecule has 1 nitrogen and oxygen atoms in total. The van der Waals surface area contributed by atoms with Crippen molar-refractivity contribution < 1.29 is 9.50 Å². The van der Waals surface area contributed by atoms with Gasteiger partial charge in [0.2, 0.25) is 0 Å². The van der Waals surface area contributed by atoms with E-state index in [2.05, 4.69) is 0 Å². The number of aliphatic hydroxyl groups excluding tert-OH is 1. The number of hydrogen-bond donors (Lipinski definition) is 1. The molecule has 3 rings (SSSR count). The molecule has 0 radical (unpaired) electrons. The van der Waals surface area contributed by atoms with E-state index in [1.807, 2.05) is 6.07 Å². The predicted octanol–water partition coefficient (Wildman–Crippen LogP) is 5.37. The molecule has 106 valence electrons. The van der Waals surface area contributed by atoms with Gasteiger partial charge in [0.1, 0.15) is 11.9 Å². The molecule has 4 heteroatoms. The summed E-state index contributed by atoms with van der Waals surface area (Å²) in [6, 6.07) is 14.9. The van der Waals surface area contributed by atoms with Crippen LogP contribution >= 0.6 is 23.2 Å². The van der Waals surface area contributed by atoms with Crippen LogP contribution in [-0.4, -0.2) is 5.11 Å². The first-order valence-electron chi connectivity index (χ1n) is 6.38. The Kier molecular flexibility index (Phi) is 3.85. The summed E-state index contributed by atoms with van der Waals surface area (Å²) in [5, 5.41) is 12.6. The number of hydrogen-bond acceptors (Lipinski definition) is 1. The molecule has 0 aliphatic heterocycles. The number of fused-ring (bicyclic) bond motifs is 1. The Labute approximate surface area is 131 Å². The van der Waals surface area contributed by atoms with Gasteiger partial charge in [-0.1, -0.05) is 59.6 Å². The first-order valence-corrected chi connectivity index (χ1v) is 7.13. The van der Waals surface area contributed by atoms with E-state index in [1.54, 1.807) is 42.5 Å². The zero-order valence-electron chi connectivity index (χ0n) is 10.9. The van der Waals surface area contributed by atoms with Crippen LogP contribution in [0.2, 0.25) is 10.0 Å². The molecular formula is C17H11Cl2FO. The molecule has 0 bridgehead atoms. The third kappa shape index (κ3) is 2.62. The standard InChI is InChI=1S/C17H11Cl2FO/c18-10-5-6-14(15(19)9-10)17(21)13-7-8-16(20)12-4-2-1-3-11(12)13/h1-9,17,21H. The first kappa shape index (κ1) is 14.3. The van der Waals surface area contributed by atoms with Crippen LogP contribution in [0.1, 0.15) is 17.2 Å². The Morgan fingerprint density at radius 3 is 2.24 bits per heavy atom. The van der Waals surface area contributed by atoms with Gasteiger partial charge < -0.3 is 5.11 Å². The third-order valence-electron chi connectivity index (χ3n) is 3.46. The predicted molar refractivity (Wildman–Crippen MR) is 84.4 cm³/mol. The Balaban J connectivity index is 2.18. The monoisotopic (exact) mass is 320 g/mol. The minimum atomic E-state index is -0.944. The largest absolute Gasteiger partial charge is 0.384 e. The molecule has 0 heterocycles. The van der Waals surface area contributed by atoms with Crippen LogP contribution in [0.5, 0.6) is 0 Å². The molecule has 1 N–H and O–H groups in total. The van der Waals surface area contributed by atoms with Gasteiger partial charge in [-0.25, -0.2) is 4.39 Å². The Hall–Kier alpha value is -1.61. The van der Waals surface area contributed by atoms with Crippen molar-refractivity contribution in [3.63, 3.8) is 0 Å². The summed E-state index contributed by atoms with van der Waals surface area (Å²) >= 11 is 12.0. The van der Waals surface area contributed by atoms with Crippen molar-refractivity contribution in [1.82, 2.24) is 0 Å². The highest BCUT2D eigenvalue weighted by atomic mass is 35.5. The van der Waals surface area contributed by atoms with Crippen LogP contribution in [0.15, 0.2) is 54.6 Å². The molecule has 0 fully saturated rings. The van der Waals surface area contributed by atoms with Crippen LogP contribution in [0, 0.1) is 5.82 Å². The molecule has 0 spiro atoms. The fourth-order valence-electron chi connectivity index (χ4n) is 2.41. The van der Waals surface area contributed by atoms with Gasteiger partial charge in [0, 0.05) is 21.0 Å². The van der Waals surface area contributed by atoms with Crippen molar-refractivity contribution in [3.05, 3.63) is 81.6 Å². The van der Waals surface area contributed by atoms with Crippen molar-refractivity contribution in [1.29, 1.82) is 0 Å². The molecule has 0 aliphatic carbocycles. The van der Waals surface area contributed by atoms with E-state index in [0.29, 0.717) is 31.9 Å². The number of rotatable bonds is 2. The Morgan fingerprint density at radius 1 is 0.857 bits per heavy atom. The van der Waals surface area contributed by atoms with Gasteiger partial charge >= 0.3 is 0 Å². The lowest BCUT2D eigenvalue weighted by molar-refractivity contribution is 0.222. The lowest BCUT2D eigenvalue weighted by Gasteiger charge is -2.16. The highest BCUT2D eigenvalue weighted by Gasteiger charge is 2.17. The van der Waals surface area contributed by atoms with E-state index in [0.717, 1.165) is 0 Å². The van der Waals surface area contributed by atoms with Gasteiger partial charge in [0.25, 0.3) is 0 Å². The van der Waals surface area contributed by atoms with Gasteiger partial charge in [-0.2, -0.15) is 0 Å². The second kappa shape index (κ2) is 5.64. The number of benzene rings is 3.